The van der Waals surface area contributed by atoms with Gasteiger partial charge in [-0.25, -0.2) is 0 Å². The van der Waals surface area contributed by atoms with Crippen LogP contribution in [0.15, 0.2) is 48.6 Å². The first kappa shape index (κ1) is 15.3. The van der Waals surface area contributed by atoms with Crippen LogP contribution in [0.25, 0.3) is 10.1 Å². The fourth-order valence-electron chi connectivity index (χ4n) is 1.63. The SMILES string of the molecule is C/C=C/C=C/C(=O)NNC(=O)c1sc2ccccc2c1Cl. The lowest BCUT2D eigenvalue weighted by atomic mass is 10.2. The molecule has 0 aliphatic heterocycles. The van der Waals surface area contributed by atoms with Gasteiger partial charge in [0.2, 0.25) is 0 Å². The molecule has 0 unspecified atom stereocenters. The van der Waals surface area contributed by atoms with Crippen molar-refractivity contribution in [3.05, 3.63) is 58.5 Å². The van der Waals surface area contributed by atoms with Gasteiger partial charge in [-0.2, -0.15) is 0 Å². The van der Waals surface area contributed by atoms with Gasteiger partial charge in [-0.3, -0.25) is 20.4 Å². The third kappa shape index (κ3) is 3.71. The zero-order valence-corrected chi connectivity index (χ0v) is 12.8. The molecule has 0 saturated heterocycles. The van der Waals surface area contributed by atoms with Gasteiger partial charge in [0.15, 0.2) is 0 Å². The molecule has 0 aliphatic carbocycles. The lowest BCUT2D eigenvalue weighted by Crippen LogP contribution is -2.40. The van der Waals surface area contributed by atoms with Gasteiger partial charge >= 0.3 is 0 Å². The Kier molecular flexibility index (Phi) is 5.14. The Bertz CT molecular complexity index is 734. The van der Waals surface area contributed by atoms with Gasteiger partial charge in [0.05, 0.1) is 5.02 Å². The Morgan fingerprint density at radius 1 is 1.19 bits per heavy atom. The number of rotatable bonds is 3. The van der Waals surface area contributed by atoms with Crippen molar-refractivity contribution in [1.29, 1.82) is 0 Å². The van der Waals surface area contributed by atoms with Crippen LogP contribution in [-0.2, 0) is 4.79 Å². The molecule has 108 valence electrons. The zero-order chi connectivity index (χ0) is 15.2. The van der Waals surface area contributed by atoms with Gasteiger partial charge < -0.3 is 0 Å². The lowest BCUT2D eigenvalue weighted by molar-refractivity contribution is -0.117. The molecular weight excluding hydrogens is 308 g/mol. The summed E-state index contributed by atoms with van der Waals surface area (Å²) in [5.41, 5.74) is 4.64. The maximum absolute atomic E-state index is 12.0. The number of allylic oxidation sites excluding steroid dienone is 3. The second-order valence-corrected chi connectivity index (χ2v) is 5.50. The van der Waals surface area contributed by atoms with E-state index in [0.717, 1.165) is 10.1 Å². The number of hydrogen-bond donors (Lipinski definition) is 2. The first-order valence-electron chi connectivity index (χ1n) is 6.20. The van der Waals surface area contributed by atoms with Crippen molar-refractivity contribution in [1.82, 2.24) is 10.9 Å². The van der Waals surface area contributed by atoms with E-state index in [1.807, 2.05) is 31.2 Å². The number of benzene rings is 1. The van der Waals surface area contributed by atoms with Crippen LogP contribution in [0.3, 0.4) is 0 Å². The van der Waals surface area contributed by atoms with E-state index < -0.39 is 11.8 Å². The molecule has 2 aromatic rings. The largest absolute Gasteiger partial charge is 0.281 e. The average molecular weight is 321 g/mol. The van der Waals surface area contributed by atoms with Crippen molar-refractivity contribution in [2.24, 2.45) is 0 Å². The molecule has 2 amide bonds. The van der Waals surface area contributed by atoms with Gasteiger partial charge in [-0.15, -0.1) is 11.3 Å². The Hall–Kier alpha value is -2.11. The smallest absolute Gasteiger partial charge is 0.268 e. The van der Waals surface area contributed by atoms with Gasteiger partial charge in [-0.1, -0.05) is 48.0 Å². The highest BCUT2D eigenvalue weighted by Gasteiger charge is 2.16. The van der Waals surface area contributed by atoms with E-state index in [1.54, 1.807) is 18.2 Å². The Labute approximate surface area is 131 Å². The quantitative estimate of drug-likeness (QED) is 0.517. The normalized spacial score (nSPS) is 11.3. The second-order valence-electron chi connectivity index (χ2n) is 4.07. The van der Waals surface area contributed by atoms with Gasteiger partial charge in [0.25, 0.3) is 11.8 Å². The molecule has 0 aliphatic rings. The standard InChI is InChI=1S/C15H13ClN2O2S/c1-2-3-4-9-12(19)17-18-15(20)14-13(16)10-7-5-6-8-11(10)21-14/h2-9H,1H3,(H,17,19)(H,18,20)/b3-2+,9-4+. The highest BCUT2D eigenvalue weighted by molar-refractivity contribution is 7.21. The molecule has 0 radical (unpaired) electrons. The van der Waals surface area contributed by atoms with E-state index in [0.29, 0.717) is 9.90 Å². The van der Waals surface area contributed by atoms with Crippen molar-refractivity contribution in [3.8, 4) is 0 Å². The third-order valence-corrected chi connectivity index (χ3v) is 4.27. The maximum Gasteiger partial charge on any atom is 0.281 e. The number of hydrazine groups is 1. The van der Waals surface area contributed by atoms with Gasteiger partial charge in [0, 0.05) is 16.2 Å². The highest BCUT2D eigenvalue weighted by Crippen LogP contribution is 2.34. The van der Waals surface area contributed by atoms with E-state index in [9.17, 15) is 9.59 Å². The van der Waals surface area contributed by atoms with E-state index in [4.69, 9.17) is 11.6 Å². The van der Waals surface area contributed by atoms with Crippen LogP contribution < -0.4 is 10.9 Å². The summed E-state index contributed by atoms with van der Waals surface area (Å²) < 4.78 is 0.923. The van der Waals surface area contributed by atoms with Crippen LogP contribution >= 0.6 is 22.9 Å². The fraction of sp³-hybridized carbons (Fsp3) is 0.0667. The number of thiophene rings is 1. The molecule has 2 rings (SSSR count). The fourth-order valence-corrected chi connectivity index (χ4v) is 3.04. The van der Waals surface area contributed by atoms with Crippen molar-refractivity contribution >= 4 is 44.8 Å². The first-order chi connectivity index (χ1) is 10.1. The van der Waals surface area contributed by atoms with Crippen LogP contribution in [0.5, 0.6) is 0 Å². The van der Waals surface area contributed by atoms with E-state index in [2.05, 4.69) is 10.9 Å². The average Bonchev–Trinajstić information content (AvgIpc) is 2.83. The van der Waals surface area contributed by atoms with E-state index in [-0.39, 0.29) is 0 Å². The molecule has 4 nitrogen and oxygen atoms in total. The van der Waals surface area contributed by atoms with Gasteiger partial charge in [0.1, 0.15) is 4.88 Å². The molecule has 0 fully saturated rings. The van der Waals surface area contributed by atoms with Crippen LogP contribution in [0.1, 0.15) is 16.6 Å². The molecular formula is C15H13ClN2O2S. The minimum atomic E-state index is -0.436. The minimum Gasteiger partial charge on any atom is -0.268 e. The molecule has 0 bridgehead atoms. The van der Waals surface area contributed by atoms with Crippen LogP contribution in [-0.4, -0.2) is 11.8 Å². The predicted octanol–water partition coefficient (Wildman–Crippen LogP) is 3.45. The summed E-state index contributed by atoms with van der Waals surface area (Å²) in [6.07, 6.45) is 6.39. The maximum atomic E-state index is 12.0. The van der Waals surface area contributed by atoms with Crippen LogP contribution in [0.4, 0.5) is 0 Å². The van der Waals surface area contributed by atoms with Crippen molar-refractivity contribution < 1.29 is 9.59 Å². The molecule has 2 N–H and O–H groups in total. The number of amides is 2. The van der Waals surface area contributed by atoms with Crippen molar-refractivity contribution in [3.63, 3.8) is 0 Å². The lowest BCUT2D eigenvalue weighted by Gasteiger charge is -2.03. The first-order valence-corrected chi connectivity index (χ1v) is 7.39. The summed E-state index contributed by atoms with van der Waals surface area (Å²) in [6, 6.07) is 7.48. The van der Waals surface area contributed by atoms with E-state index >= 15 is 0 Å². The summed E-state index contributed by atoms with van der Waals surface area (Å²) in [4.78, 5) is 23.8. The Morgan fingerprint density at radius 2 is 1.95 bits per heavy atom. The summed E-state index contributed by atoms with van der Waals surface area (Å²) in [6.45, 7) is 1.84. The number of hydrogen-bond acceptors (Lipinski definition) is 3. The predicted molar refractivity (Wildman–Crippen MR) is 86.4 cm³/mol. The third-order valence-electron chi connectivity index (χ3n) is 2.59. The zero-order valence-electron chi connectivity index (χ0n) is 11.2. The topological polar surface area (TPSA) is 58.2 Å². The molecule has 0 spiro atoms. The van der Waals surface area contributed by atoms with Crippen molar-refractivity contribution in [2.45, 2.75) is 6.92 Å². The number of nitrogens with one attached hydrogen (secondary N) is 2. The molecule has 6 heteroatoms. The number of fused-ring (bicyclic) bond motifs is 1. The molecule has 1 aromatic carbocycles. The summed E-state index contributed by atoms with van der Waals surface area (Å²) in [5.74, 6) is -0.854. The van der Waals surface area contributed by atoms with Crippen LogP contribution in [0.2, 0.25) is 5.02 Å². The molecule has 1 heterocycles. The Balaban J connectivity index is 2.06. The van der Waals surface area contributed by atoms with Crippen LogP contribution in [0, 0.1) is 0 Å². The second kappa shape index (κ2) is 7.06. The molecule has 1 aromatic heterocycles. The summed E-state index contributed by atoms with van der Waals surface area (Å²) in [5, 5.41) is 1.22. The highest BCUT2D eigenvalue weighted by atomic mass is 35.5. The number of carbonyl (C=O) groups excluding carboxylic acids is 2. The molecule has 0 saturated carbocycles. The minimum absolute atomic E-state index is 0.371. The number of carbonyl (C=O) groups is 2. The Morgan fingerprint density at radius 3 is 2.67 bits per heavy atom. The summed E-state index contributed by atoms with van der Waals surface area (Å²) in [7, 11) is 0. The monoisotopic (exact) mass is 320 g/mol. The van der Waals surface area contributed by atoms with E-state index in [1.165, 1.54) is 17.4 Å². The van der Waals surface area contributed by atoms with Crippen molar-refractivity contribution in [2.75, 3.05) is 0 Å². The number of halogens is 1. The van der Waals surface area contributed by atoms with Gasteiger partial charge in [-0.05, 0) is 13.0 Å². The summed E-state index contributed by atoms with van der Waals surface area (Å²) >= 11 is 7.46. The molecule has 0 atom stereocenters. The molecule has 21 heavy (non-hydrogen) atoms.